The van der Waals surface area contributed by atoms with E-state index in [1.165, 1.54) is 0 Å². The first-order chi connectivity index (χ1) is 6.00. The van der Waals surface area contributed by atoms with Crippen LogP contribution in [0.5, 0.6) is 0 Å². The number of hydrogen-bond acceptors (Lipinski definition) is 3. The van der Waals surface area contributed by atoms with Crippen molar-refractivity contribution in [1.82, 2.24) is 0 Å². The largest absolute Gasteiger partial charge is 0.477 e. The molecule has 0 rings (SSSR count). The van der Waals surface area contributed by atoms with E-state index in [1.807, 2.05) is 0 Å². The third-order valence-electron chi connectivity index (χ3n) is 1.40. The predicted octanol–water partition coefficient (Wildman–Crippen LogP) is 1.16. The summed E-state index contributed by atoms with van der Waals surface area (Å²) in [6.45, 7) is 0.709. The number of rotatable bonds is 4. The first-order valence-corrected chi connectivity index (χ1v) is 4.87. The highest BCUT2D eigenvalue weighted by Crippen LogP contribution is 2.39. The van der Waals surface area contributed by atoms with Crippen molar-refractivity contribution in [1.29, 1.82) is 0 Å². The van der Waals surface area contributed by atoms with Gasteiger partial charge in [0.1, 0.15) is 0 Å². The Morgan fingerprint density at radius 2 is 1.60 bits per heavy atom. The third-order valence-corrected chi connectivity index (χ3v) is 3.20. The van der Waals surface area contributed by atoms with Crippen molar-refractivity contribution in [2.75, 3.05) is 5.75 Å². The standard InChI is InChI=1S/C5H6F4O4S.ClH/c1-2-14(12,13)5(8,9)4(6,7)3(10)11;/h2H2,1H3,(H,10,11);1H. The van der Waals surface area contributed by atoms with Gasteiger partial charge in [-0.25, -0.2) is 13.2 Å². The molecule has 4 nitrogen and oxygen atoms in total. The Labute approximate surface area is 88.6 Å². The average Bonchev–Trinajstić information content (AvgIpc) is 2.03. The molecule has 0 aliphatic carbocycles. The summed E-state index contributed by atoms with van der Waals surface area (Å²) >= 11 is 0. The Kier molecular flexibility index (Phi) is 5.07. The van der Waals surface area contributed by atoms with Crippen molar-refractivity contribution < 1.29 is 35.9 Å². The Bertz CT molecular complexity index is 339. The van der Waals surface area contributed by atoms with Crippen molar-refractivity contribution in [3.8, 4) is 0 Å². The van der Waals surface area contributed by atoms with Gasteiger partial charge in [0.05, 0.1) is 5.75 Å². The highest BCUT2D eigenvalue weighted by Gasteiger charge is 2.69. The van der Waals surface area contributed by atoms with Gasteiger partial charge in [-0.3, -0.25) is 0 Å². The topological polar surface area (TPSA) is 71.4 Å². The van der Waals surface area contributed by atoms with E-state index in [0.717, 1.165) is 0 Å². The van der Waals surface area contributed by atoms with Crippen LogP contribution in [-0.2, 0) is 14.6 Å². The molecule has 0 fully saturated rings. The number of hydrogen-bond donors (Lipinski definition) is 1. The molecule has 0 saturated heterocycles. The van der Waals surface area contributed by atoms with E-state index in [4.69, 9.17) is 5.11 Å². The number of carbonyl (C=O) groups is 1. The Hall–Kier alpha value is -0.570. The van der Waals surface area contributed by atoms with Gasteiger partial charge in [-0.05, 0) is 0 Å². The zero-order valence-electron chi connectivity index (χ0n) is 7.21. The molecule has 0 spiro atoms. The molecule has 10 heteroatoms. The Morgan fingerprint density at radius 3 is 1.80 bits per heavy atom. The number of alkyl halides is 4. The van der Waals surface area contributed by atoms with Gasteiger partial charge in [-0.15, -0.1) is 12.4 Å². The van der Waals surface area contributed by atoms with Crippen LogP contribution >= 0.6 is 12.4 Å². The zero-order chi connectivity index (χ0) is 11.8. The summed E-state index contributed by atoms with van der Waals surface area (Å²) in [4.78, 5) is 9.74. The molecule has 0 aromatic carbocycles. The van der Waals surface area contributed by atoms with Crippen LogP contribution in [0.4, 0.5) is 17.6 Å². The van der Waals surface area contributed by atoms with Crippen LogP contribution in [-0.4, -0.2) is 36.4 Å². The van der Waals surface area contributed by atoms with Crippen molar-refractivity contribution >= 4 is 28.2 Å². The van der Waals surface area contributed by atoms with E-state index in [2.05, 4.69) is 0 Å². The van der Waals surface area contributed by atoms with Crippen molar-refractivity contribution in [3.63, 3.8) is 0 Å². The van der Waals surface area contributed by atoms with Crippen LogP contribution in [0.25, 0.3) is 0 Å². The van der Waals surface area contributed by atoms with Crippen molar-refractivity contribution in [2.45, 2.75) is 18.1 Å². The minimum atomic E-state index is -5.62. The van der Waals surface area contributed by atoms with E-state index in [9.17, 15) is 30.8 Å². The molecule has 1 N–H and O–H groups in total. The fourth-order valence-corrected chi connectivity index (χ4v) is 1.34. The minimum absolute atomic E-state index is 0. The molecule has 92 valence electrons. The third kappa shape index (κ3) is 2.51. The highest BCUT2D eigenvalue weighted by atomic mass is 35.5. The van der Waals surface area contributed by atoms with Crippen molar-refractivity contribution in [2.24, 2.45) is 0 Å². The minimum Gasteiger partial charge on any atom is -0.477 e. The lowest BCUT2D eigenvalue weighted by atomic mass is 10.3. The summed E-state index contributed by atoms with van der Waals surface area (Å²) in [7, 11) is -5.46. The summed E-state index contributed by atoms with van der Waals surface area (Å²) in [5.74, 6) is -10.1. The summed E-state index contributed by atoms with van der Waals surface area (Å²) in [5.41, 5.74) is 0. The second-order valence-electron chi connectivity index (χ2n) is 2.30. The smallest absolute Gasteiger partial charge is 0.418 e. The van der Waals surface area contributed by atoms with Crippen LogP contribution < -0.4 is 0 Å². The molecule has 0 radical (unpaired) electrons. The molecule has 0 aliphatic rings. The van der Waals surface area contributed by atoms with Crippen molar-refractivity contribution in [3.05, 3.63) is 0 Å². The Morgan fingerprint density at radius 1 is 1.27 bits per heavy atom. The molecule has 0 amide bonds. The highest BCUT2D eigenvalue weighted by molar-refractivity contribution is 7.92. The van der Waals surface area contributed by atoms with Crippen LogP contribution in [0.3, 0.4) is 0 Å². The maximum Gasteiger partial charge on any atom is 0.418 e. The first-order valence-electron chi connectivity index (χ1n) is 3.22. The molecule has 15 heavy (non-hydrogen) atoms. The van der Waals surface area contributed by atoms with E-state index in [0.29, 0.717) is 6.92 Å². The van der Waals surface area contributed by atoms with E-state index >= 15 is 0 Å². The lowest BCUT2D eigenvalue weighted by Gasteiger charge is -2.21. The zero-order valence-corrected chi connectivity index (χ0v) is 8.84. The molecule has 0 unspecified atom stereocenters. The molecule has 0 heterocycles. The molecular formula is C5H7ClF4O4S. The van der Waals surface area contributed by atoms with Gasteiger partial charge in [0, 0.05) is 0 Å². The van der Waals surface area contributed by atoms with Gasteiger partial charge in [-0.1, -0.05) is 6.92 Å². The lowest BCUT2D eigenvalue weighted by Crippen LogP contribution is -2.52. The maximum atomic E-state index is 12.5. The summed E-state index contributed by atoms with van der Waals surface area (Å²) in [6, 6.07) is 0. The molecule has 0 bridgehead atoms. The number of aliphatic carboxylic acids is 1. The van der Waals surface area contributed by atoms with Gasteiger partial charge >= 0.3 is 17.1 Å². The molecular weight excluding hydrogens is 268 g/mol. The number of carboxylic acid groups (broad SMARTS) is 1. The Balaban J connectivity index is 0. The molecule has 0 saturated carbocycles. The maximum absolute atomic E-state index is 12.5. The quantitative estimate of drug-likeness (QED) is 0.781. The van der Waals surface area contributed by atoms with Gasteiger partial charge in [0.25, 0.3) is 0 Å². The molecule has 0 atom stereocenters. The molecule has 0 aromatic rings. The summed E-state index contributed by atoms with van der Waals surface area (Å²) < 4.78 is 70.5. The van der Waals surface area contributed by atoms with Gasteiger partial charge in [-0.2, -0.15) is 17.6 Å². The second-order valence-corrected chi connectivity index (χ2v) is 4.62. The van der Waals surface area contributed by atoms with Crippen LogP contribution in [0.2, 0.25) is 0 Å². The van der Waals surface area contributed by atoms with E-state index < -0.39 is 32.7 Å². The van der Waals surface area contributed by atoms with Crippen LogP contribution in [0, 0.1) is 0 Å². The lowest BCUT2D eigenvalue weighted by molar-refractivity contribution is -0.197. The van der Waals surface area contributed by atoms with Gasteiger partial charge in [0.15, 0.2) is 0 Å². The number of halogens is 5. The normalized spacial score (nSPS) is 13.1. The van der Waals surface area contributed by atoms with Crippen LogP contribution in [0.15, 0.2) is 0 Å². The van der Waals surface area contributed by atoms with Gasteiger partial charge < -0.3 is 5.11 Å². The first kappa shape index (κ1) is 16.8. The summed E-state index contributed by atoms with van der Waals surface area (Å²) in [5, 5.41) is 2.14. The van der Waals surface area contributed by atoms with Crippen LogP contribution in [0.1, 0.15) is 6.92 Å². The fourth-order valence-electron chi connectivity index (χ4n) is 0.501. The van der Waals surface area contributed by atoms with Gasteiger partial charge in [0.2, 0.25) is 9.84 Å². The summed E-state index contributed by atoms with van der Waals surface area (Å²) in [6.07, 6.45) is 0. The number of sulfone groups is 1. The fraction of sp³-hybridized carbons (Fsp3) is 0.800. The second kappa shape index (κ2) is 4.52. The number of carboxylic acids is 1. The monoisotopic (exact) mass is 274 g/mol. The van der Waals surface area contributed by atoms with E-state index in [-0.39, 0.29) is 12.4 Å². The SMILES string of the molecule is CCS(=O)(=O)C(F)(F)C(F)(F)C(=O)O.Cl. The average molecular weight is 275 g/mol. The predicted molar refractivity (Wildman–Crippen MR) is 44.2 cm³/mol. The molecule has 0 aromatic heterocycles. The van der Waals surface area contributed by atoms with E-state index in [1.54, 1.807) is 0 Å². The molecule has 0 aliphatic heterocycles.